The molecule has 0 saturated carbocycles. The molecule has 1 aliphatic rings. The summed E-state index contributed by atoms with van der Waals surface area (Å²) in [4.78, 5) is 29.1. The molecule has 10 heteroatoms. The fourth-order valence-corrected chi connectivity index (χ4v) is 6.72. The summed E-state index contributed by atoms with van der Waals surface area (Å²) in [6, 6.07) is 20.2. The predicted molar refractivity (Wildman–Crippen MR) is 134 cm³/mol. The molecule has 8 nitrogen and oxygen atoms in total. The van der Waals surface area contributed by atoms with Gasteiger partial charge in [-0.1, -0.05) is 47.7 Å². The summed E-state index contributed by atoms with van der Waals surface area (Å²) >= 11 is 1.31. The molecule has 1 atom stereocenters. The molecular formula is C25H21N3O5S2. The van der Waals surface area contributed by atoms with Gasteiger partial charge in [0.1, 0.15) is 0 Å². The summed E-state index contributed by atoms with van der Waals surface area (Å²) in [5.74, 6) is -1.33. The molecule has 178 valence electrons. The second kappa shape index (κ2) is 9.12. The van der Waals surface area contributed by atoms with Crippen LogP contribution in [-0.2, 0) is 26.0 Å². The fourth-order valence-electron chi connectivity index (χ4n) is 4.10. The minimum absolute atomic E-state index is 0.0190. The largest absolute Gasteiger partial charge is 0.452 e. The van der Waals surface area contributed by atoms with Crippen LogP contribution in [-0.4, -0.2) is 37.9 Å². The van der Waals surface area contributed by atoms with E-state index >= 15 is 0 Å². The highest BCUT2D eigenvalue weighted by Crippen LogP contribution is 2.36. The Morgan fingerprint density at radius 1 is 1.09 bits per heavy atom. The summed E-state index contributed by atoms with van der Waals surface area (Å²) in [6.07, 6.45) is 0.612. The zero-order valence-electron chi connectivity index (χ0n) is 18.7. The first-order valence-corrected chi connectivity index (χ1v) is 13.1. The summed E-state index contributed by atoms with van der Waals surface area (Å²) in [5.41, 5.74) is 2.40. The van der Waals surface area contributed by atoms with Crippen LogP contribution in [0.3, 0.4) is 0 Å². The Kier molecular flexibility index (Phi) is 6.00. The number of anilines is 2. The summed E-state index contributed by atoms with van der Waals surface area (Å²) < 4.78 is 34.3. The SMILES string of the molecule is CC1Cc2ccccc2N1S(=O)(=O)c1cccc(C(=O)OCC(=O)Nc2nc3ccccc3s2)c1. The summed E-state index contributed by atoms with van der Waals surface area (Å²) in [7, 11) is -3.90. The van der Waals surface area contributed by atoms with Crippen LogP contribution < -0.4 is 9.62 Å². The van der Waals surface area contributed by atoms with Gasteiger partial charge in [-0.25, -0.2) is 18.2 Å². The molecule has 1 unspecified atom stereocenters. The second-order valence-corrected chi connectivity index (χ2v) is 11.0. The van der Waals surface area contributed by atoms with E-state index in [9.17, 15) is 18.0 Å². The summed E-state index contributed by atoms with van der Waals surface area (Å²) in [5, 5.41) is 3.02. The minimum atomic E-state index is -3.90. The van der Waals surface area contributed by atoms with Gasteiger partial charge in [-0.2, -0.15) is 0 Å². The van der Waals surface area contributed by atoms with Crippen molar-refractivity contribution in [2.24, 2.45) is 0 Å². The maximum Gasteiger partial charge on any atom is 0.338 e. The van der Waals surface area contributed by atoms with Crippen molar-refractivity contribution in [1.29, 1.82) is 0 Å². The normalized spacial score (nSPS) is 15.1. The zero-order valence-corrected chi connectivity index (χ0v) is 20.3. The number of nitrogens with zero attached hydrogens (tertiary/aromatic N) is 2. The van der Waals surface area contributed by atoms with Gasteiger partial charge in [0.25, 0.3) is 15.9 Å². The Balaban J connectivity index is 1.28. The van der Waals surface area contributed by atoms with E-state index in [1.165, 1.54) is 39.9 Å². The molecule has 1 aliphatic heterocycles. The van der Waals surface area contributed by atoms with Crippen LogP contribution in [0, 0.1) is 0 Å². The van der Waals surface area contributed by atoms with Crippen LogP contribution in [0.25, 0.3) is 10.2 Å². The van der Waals surface area contributed by atoms with Gasteiger partial charge < -0.3 is 4.74 Å². The van der Waals surface area contributed by atoms with Crippen LogP contribution in [0.15, 0.2) is 77.7 Å². The third kappa shape index (κ3) is 4.50. The molecule has 0 saturated heterocycles. The lowest BCUT2D eigenvalue weighted by atomic mass is 10.1. The molecular weight excluding hydrogens is 486 g/mol. The molecule has 1 amide bonds. The van der Waals surface area contributed by atoms with Crippen molar-refractivity contribution in [1.82, 2.24) is 4.98 Å². The number of esters is 1. The number of aromatic nitrogens is 1. The molecule has 1 aromatic heterocycles. The number of rotatable bonds is 6. The number of ether oxygens (including phenoxy) is 1. The van der Waals surface area contributed by atoms with Crippen molar-refractivity contribution in [3.63, 3.8) is 0 Å². The fraction of sp³-hybridized carbons (Fsp3) is 0.160. The first kappa shape index (κ1) is 23.0. The monoisotopic (exact) mass is 507 g/mol. The number of sulfonamides is 1. The molecule has 2 heterocycles. The summed E-state index contributed by atoms with van der Waals surface area (Å²) in [6.45, 7) is 1.32. The van der Waals surface area contributed by atoms with Gasteiger partial charge >= 0.3 is 5.97 Å². The third-order valence-electron chi connectivity index (χ3n) is 5.65. The highest BCUT2D eigenvalue weighted by molar-refractivity contribution is 7.92. The lowest BCUT2D eigenvalue weighted by Crippen LogP contribution is -2.35. The van der Waals surface area contributed by atoms with Crippen molar-refractivity contribution in [3.8, 4) is 0 Å². The zero-order chi connectivity index (χ0) is 24.6. The maximum atomic E-state index is 13.4. The van der Waals surface area contributed by atoms with Crippen molar-refractivity contribution in [3.05, 3.63) is 83.9 Å². The average Bonchev–Trinajstić information content (AvgIpc) is 3.42. The smallest absolute Gasteiger partial charge is 0.338 e. The number of para-hydroxylation sites is 2. The van der Waals surface area contributed by atoms with Crippen molar-refractivity contribution in [2.75, 3.05) is 16.2 Å². The number of carbonyl (C=O) groups excluding carboxylic acids is 2. The van der Waals surface area contributed by atoms with E-state index < -0.39 is 28.5 Å². The molecule has 0 bridgehead atoms. The second-order valence-electron chi connectivity index (χ2n) is 8.12. The number of hydrogen-bond acceptors (Lipinski definition) is 7. The first-order chi connectivity index (χ1) is 16.8. The highest BCUT2D eigenvalue weighted by atomic mass is 32.2. The molecule has 35 heavy (non-hydrogen) atoms. The molecule has 0 spiro atoms. The lowest BCUT2D eigenvalue weighted by molar-refractivity contribution is -0.119. The van der Waals surface area contributed by atoms with Gasteiger partial charge in [0.2, 0.25) is 0 Å². The van der Waals surface area contributed by atoms with E-state index in [0.717, 1.165) is 15.8 Å². The van der Waals surface area contributed by atoms with Crippen LogP contribution in [0.2, 0.25) is 0 Å². The number of carbonyl (C=O) groups is 2. The Morgan fingerprint density at radius 3 is 2.69 bits per heavy atom. The predicted octanol–water partition coefficient (Wildman–Crippen LogP) is 4.23. The first-order valence-electron chi connectivity index (χ1n) is 10.9. The molecule has 1 N–H and O–H groups in total. The van der Waals surface area contributed by atoms with Crippen LogP contribution in [0.4, 0.5) is 10.8 Å². The average molecular weight is 508 g/mol. The number of fused-ring (bicyclic) bond motifs is 2. The number of benzene rings is 3. The van der Waals surface area contributed by atoms with Crippen molar-refractivity contribution < 1.29 is 22.7 Å². The van der Waals surface area contributed by atoms with Gasteiger partial charge in [-0.05, 0) is 55.3 Å². The van der Waals surface area contributed by atoms with E-state index in [1.807, 2.05) is 43.3 Å². The van der Waals surface area contributed by atoms with Crippen LogP contribution >= 0.6 is 11.3 Å². The van der Waals surface area contributed by atoms with Gasteiger partial charge in [-0.15, -0.1) is 0 Å². The van der Waals surface area contributed by atoms with Crippen molar-refractivity contribution >= 4 is 54.3 Å². The van der Waals surface area contributed by atoms with Crippen molar-refractivity contribution in [2.45, 2.75) is 24.3 Å². The molecule has 4 aromatic rings. The molecule has 0 fully saturated rings. The van der Waals surface area contributed by atoms with E-state index in [4.69, 9.17) is 4.74 Å². The maximum absolute atomic E-state index is 13.4. The Bertz CT molecular complexity index is 1510. The Labute approximate surface area is 206 Å². The molecule has 3 aromatic carbocycles. The number of amides is 1. The number of nitrogens with one attached hydrogen (secondary N) is 1. The van der Waals surface area contributed by atoms with Gasteiger partial charge in [0.15, 0.2) is 11.7 Å². The standard InChI is InChI=1S/C25H21N3O5S2/c1-16-13-17-7-2-4-11-21(17)28(16)35(31,32)19-9-6-8-18(14-19)24(30)33-15-23(29)27-25-26-20-10-3-5-12-22(20)34-25/h2-12,14,16H,13,15H2,1H3,(H,26,27,29). The quantitative estimate of drug-likeness (QED) is 0.392. The van der Waals surface area contributed by atoms with Crippen LogP contribution in [0.5, 0.6) is 0 Å². The Hall–Kier alpha value is -3.76. The molecule has 0 radical (unpaired) electrons. The molecule has 0 aliphatic carbocycles. The number of thiazole rings is 1. The van der Waals surface area contributed by atoms with Gasteiger partial charge in [-0.3, -0.25) is 14.4 Å². The minimum Gasteiger partial charge on any atom is -0.452 e. The highest BCUT2D eigenvalue weighted by Gasteiger charge is 2.36. The van der Waals surface area contributed by atoms with Gasteiger partial charge in [0, 0.05) is 6.04 Å². The van der Waals surface area contributed by atoms with E-state index in [0.29, 0.717) is 17.2 Å². The van der Waals surface area contributed by atoms with E-state index in [2.05, 4.69) is 10.3 Å². The van der Waals surface area contributed by atoms with E-state index in [-0.39, 0.29) is 16.5 Å². The molecule has 5 rings (SSSR count). The third-order valence-corrected chi connectivity index (χ3v) is 8.52. The topological polar surface area (TPSA) is 106 Å². The Morgan fingerprint density at radius 2 is 1.86 bits per heavy atom. The van der Waals surface area contributed by atoms with Crippen LogP contribution in [0.1, 0.15) is 22.8 Å². The lowest BCUT2D eigenvalue weighted by Gasteiger charge is -2.24. The van der Waals surface area contributed by atoms with Gasteiger partial charge in [0.05, 0.1) is 26.4 Å². The van der Waals surface area contributed by atoms with E-state index in [1.54, 1.807) is 12.1 Å². The number of hydrogen-bond donors (Lipinski definition) is 1.